The third-order valence-electron chi connectivity index (χ3n) is 6.20. The molecule has 2 unspecified atom stereocenters. The van der Waals surface area contributed by atoms with Crippen LogP contribution < -0.4 is 10.6 Å². The van der Waals surface area contributed by atoms with Crippen LogP contribution in [0.15, 0.2) is 24.5 Å². The summed E-state index contributed by atoms with van der Waals surface area (Å²) in [6.45, 7) is 6.63. The van der Waals surface area contributed by atoms with Gasteiger partial charge in [-0.15, -0.1) is 0 Å². The molecule has 154 valence electrons. The predicted molar refractivity (Wildman–Crippen MR) is 108 cm³/mol. The molecule has 1 saturated carbocycles. The molecule has 1 aromatic heterocycles. The Hall–Kier alpha value is -1.99. The molecule has 0 bridgehead atoms. The summed E-state index contributed by atoms with van der Waals surface area (Å²) in [6.07, 6.45) is 8.07. The van der Waals surface area contributed by atoms with E-state index in [1.54, 1.807) is 0 Å². The molecule has 1 aliphatic heterocycles. The molecule has 1 saturated heterocycles. The fourth-order valence-electron chi connectivity index (χ4n) is 4.16. The number of esters is 2. The third kappa shape index (κ3) is 5.08. The first kappa shape index (κ1) is 20.7. The number of pyridine rings is 1. The number of hydrogen-bond acceptors (Lipinski definition) is 7. The average molecular weight is 389 g/mol. The van der Waals surface area contributed by atoms with Crippen LogP contribution in [0.4, 0.5) is 5.69 Å². The van der Waals surface area contributed by atoms with E-state index in [4.69, 9.17) is 10.5 Å². The van der Waals surface area contributed by atoms with E-state index in [1.165, 1.54) is 5.69 Å². The SMILES string of the molecule is CC1CCCCC1(N)C(=O)OC(=O)CCCN1CCN(c2ccncc2)CC1. The monoisotopic (exact) mass is 388 g/mol. The number of anilines is 1. The van der Waals surface area contributed by atoms with E-state index < -0.39 is 17.5 Å². The lowest BCUT2D eigenvalue weighted by atomic mass is 9.74. The van der Waals surface area contributed by atoms with Crippen LogP contribution >= 0.6 is 0 Å². The Bertz CT molecular complexity index is 661. The molecule has 1 aromatic rings. The Labute approximate surface area is 167 Å². The molecular weight excluding hydrogens is 356 g/mol. The standard InChI is InChI=1S/C21H32N4O3/c1-17-5-2-3-9-21(17,22)20(27)28-19(26)6-4-12-24-13-15-25(16-14-24)18-7-10-23-11-8-18/h7-8,10-11,17H,2-6,9,12-16,22H2,1H3. The van der Waals surface area contributed by atoms with Gasteiger partial charge in [-0.2, -0.15) is 0 Å². The molecule has 0 aromatic carbocycles. The topological polar surface area (TPSA) is 88.8 Å². The normalized spacial score (nSPS) is 26.1. The molecule has 2 heterocycles. The number of piperazine rings is 1. The first-order valence-corrected chi connectivity index (χ1v) is 10.4. The molecule has 3 rings (SSSR count). The lowest BCUT2D eigenvalue weighted by Gasteiger charge is -2.36. The van der Waals surface area contributed by atoms with Crippen LogP contribution in [0.2, 0.25) is 0 Å². The third-order valence-corrected chi connectivity index (χ3v) is 6.20. The number of carbonyl (C=O) groups excluding carboxylic acids is 2. The smallest absolute Gasteiger partial charge is 0.334 e. The van der Waals surface area contributed by atoms with E-state index in [2.05, 4.69) is 14.8 Å². The molecule has 2 fully saturated rings. The summed E-state index contributed by atoms with van der Waals surface area (Å²) in [6, 6.07) is 4.06. The Morgan fingerprint density at radius 2 is 1.93 bits per heavy atom. The van der Waals surface area contributed by atoms with Crippen molar-refractivity contribution in [1.82, 2.24) is 9.88 Å². The maximum atomic E-state index is 12.4. The molecule has 0 spiro atoms. The van der Waals surface area contributed by atoms with Crippen molar-refractivity contribution in [3.63, 3.8) is 0 Å². The van der Waals surface area contributed by atoms with Gasteiger partial charge in [0.25, 0.3) is 0 Å². The molecular formula is C21H32N4O3. The van der Waals surface area contributed by atoms with Gasteiger partial charge >= 0.3 is 11.9 Å². The van der Waals surface area contributed by atoms with Crippen LogP contribution in [-0.2, 0) is 14.3 Å². The van der Waals surface area contributed by atoms with E-state index >= 15 is 0 Å². The lowest BCUT2D eigenvalue weighted by molar-refractivity contribution is -0.166. The zero-order chi connectivity index (χ0) is 20.0. The van der Waals surface area contributed by atoms with Gasteiger partial charge in [0.1, 0.15) is 5.54 Å². The van der Waals surface area contributed by atoms with Gasteiger partial charge in [-0.3, -0.25) is 14.7 Å². The number of nitrogens with two attached hydrogens (primary N) is 1. The first-order chi connectivity index (χ1) is 13.5. The summed E-state index contributed by atoms with van der Waals surface area (Å²) in [4.78, 5) is 33.2. The van der Waals surface area contributed by atoms with Crippen LogP contribution in [0.25, 0.3) is 0 Å². The molecule has 0 amide bonds. The van der Waals surface area contributed by atoms with E-state index in [0.717, 1.165) is 52.0 Å². The summed E-state index contributed by atoms with van der Waals surface area (Å²) < 4.78 is 5.09. The summed E-state index contributed by atoms with van der Waals surface area (Å²) >= 11 is 0. The largest absolute Gasteiger partial charge is 0.392 e. The maximum absolute atomic E-state index is 12.4. The summed E-state index contributed by atoms with van der Waals surface area (Å²) in [5.74, 6) is -0.947. The second-order valence-corrected chi connectivity index (χ2v) is 8.09. The summed E-state index contributed by atoms with van der Waals surface area (Å²) in [5, 5.41) is 0. The Morgan fingerprint density at radius 3 is 2.61 bits per heavy atom. The van der Waals surface area contributed by atoms with Crippen molar-refractivity contribution in [2.24, 2.45) is 11.7 Å². The van der Waals surface area contributed by atoms with E-state index in [0.29, 0.717) is 12.8 Å². The molecule has 2 aliphatic rings. The van der Waals surface area contributed by atoms with Crippen LogP contribution in [0.5, 0.6) is 0 Å². The van der Waals surface area contributed by atoms with Crippen molar-refractivity contribution in [2.45, 2.75) is 51.0 Å². The summed E-state index contributed by atoms with van der Waals surface area (Å²) in [5.41, 5.74) is 6.45. The van der Waals surface area contributed by atoms with Gasteiger partial charge in [0, 0.05) is 50.7 Å². The van der Waals surface area contributed by atoms with Crippen LogP contribution in [0.3, 0.4) is 0 Å². The Balaban J connectivity index is 1.35. The van der Waals surface area contributed by atoms with E-state index in [-0.39, 0.29) is 12.3 Å². The van der Waals surface area contributed by atoms with Gasteiger partial charge in [-0.05, 0) is 43.9 Å². The molecule has 0 radical (unpaired) electrons. The van der Waals surface area contributed by atoms with Crippen LogP contribution in [-0.4, -0.2) is 60.1 Å². The fourth-order valence-corrected chi connectivity index (χ4v) is 4.16. The minimum Gasteiger partial charge on any atom is -0.392 e. The molecule has 2 N–H and O–H groups in total. The van der Waals surface area contributed by atoms with Crippen molar-refractivity contribution in [1.29, 1.82) is 0 Å². The van der Waals surface area contributed by atoms with Crippen molar-refractivity contribution in [3.05, 3.63) is 24.5 Å². The van der Waals surface area contributed by atoms with Gasteiger partial charge < -0.3 is 15.4 Å². The van der Waals surface area contributed by atoms with E-state index in [9.17, 15) is 9.59 Å². The van der Waals surface area contributed by atoms with Crippen molar-refractivity contribution in [2.75, 3.05) is 37.6 Å². The zero-order valence-corrected chi connectivity index (χ0v) is 16.8. The van der Waals surface area contributed by atoms with Gasteiger partial charge in [0.05, 0.1) is 0 Å². The number of hydrogen-bond donors (Lipinski definition) is 1. The second kappa shape index (κ2) is 9.47. The highest BCUT2D eigenvalue weighted by atomic mass is 16.6. The number of nitrogens with zero attached hydrogens (tertiary/aromatic N) is 3. The van der Waals surface area contributed by atoms with Crippen molar-refractivity contribution >= 4 is 17.6 Å². The molecule has 28 heavy (non-hydrogen) atoms. The van der Waals surface area contributed by atoms with E-state index in [1.807, 2.05) is 31.5 Å². The average Bonchev–Trinajstić information content (AvgIpc) is 2.71. The zero-order valence-electron chi connectivity index (χ0n) is 16.8. The molecule has 7 heteroatoms. The van der Waals surface area contributed by atoms with Gasteiger partial charge in [0.15, 0.2) is 0 Å². The first-order valence-electron chi connectivity index (χ1n) is 10.4. The minimum atomic E-state index is -1.00. The molecule has 7 nitrogen and oxygen atoms in total. The quantitative estimate of drug-likeness (QED) is 0.589. The Kier molecular flexibility index (Phi) is 7.02. The molecule has 1 aliphatic carbocycles. The van der Waals surface area contributed by atoms with Gasteiger partial charge in [-0.25, -0.2) is 4.79 Å². The summed E-state index contributed by atoms with van der Waals surface area (Å²) in [7, 11) is 0. The number of rotatable bonds is 6. The Morgan fingerprint density at radius 1 is 1.21 bits per heavy atom. The maximum Gasteiger partial charge on any atom is 0.334 e. The van der Waals surface area contributed by atoms with Gasteiger partial charge in [0.2, 0.25) is 0 Å². The number of aromatic nitrogens is 1. The van der Waals surface area contributed by atoms with Crippen molar-refractivity contribution < 1.29 is 14.3 Å². The van der Waals surface area contributed by atoms with Gasteiger partial charge in [-0.1, -0.05) is 19.8 Å². The molecule has 2 atom stereocenters. The second-order valence-electron chi connectivity index (χ2n) is 8.09. The number of carbonyl (C=O) groups is 2. The highest BCUT2D eigenvalue weighted by molar-refractivity contribution is 5.91. The highest BCUT2D eigenvalue weighted by Crippen LogP contribution is 2.32. The predicted octanol–water partition coefficient (Wildman–Crippen LogP) is 1.96. The fraction of sp³-hybridized carbons (Fsp3) is 0.667. The minimum absolute atomic E-state index is 0.0539. The lowest BCUT2D eigenvalue weighted by Crippen LogP contribution is -2.56. The highest BCUT2D eigenvalue weighted by Gasteiger charge is 2.43. The number of ether oxygens (including phenoxy) is 1. The van der Waals surface area contributed by atoms with Crippen LogP contribution in [0, 0.1) is 5.92 Å². The van der Waals surface area contributed by atoms with Crippen LogP contribution in [0.1, 0.15) is 45.4 Å². The van der Waals surface area contributed by atoms with Crippen molar-refractivity contribution in [3.8, 4) is 0 Å².